The van der Waals surface area contributed by atoms with E-state index in [0.717, 1.165) is 11.9 Å². The minimum Gasteiger partial charge on any atom is -0.303 e. The van der Waals surface area contributed by atoms with Gasteiger partial charge in [0, 0.05) is 11.9 Å². The molecule has 0 atom stereocenters. The van der Waals surface area contributed by atoms with Crippen molar-refractivity contribution in [2.75, 3.05) is 25.0 Å². The van der Waals surface area contributed by atoms with Crippen LogP contribution in [0.2, 0.25) is 0 Å². The fraction of sp³-hybridized carbons (Fsp3) is 1.00. The van der Waals surface area contributed by atoms with Crippen LogP contribution in [0.15, 0.2) is 0 Å². The van der Waals surface area contributed by atoms with Crippen LogP contribution in [-0.4, -0.2) is 36.0 Å². The first-order chi connectivity index (χ1) is 8.95. The van der Waals surface area contributed by atoms with E-state index < -0.39 is 12.1 Å². The summed E-state index contributed by atoms with van der Waals surface area (Å²) in [5.74, 6) is -1.07. The monoisotopic (exact) mass is 341 g/mol. The molecule has 5 heteroatoms. The molecule has 0 spiro atoms. The minimum atomic E-state index is -4.00. The molecule has 0 aromatic heterocycles. The Hall–Kier alpha value is 0.230. The van der Waals surface area contributed by atoms with Crippen molar-refractivity contribution in [3.8, 4) is 0 Å². The predicted octanol–water partition coefficient (Wildman–Crippen LogP) is 4.61. The fourth-order valence-electron chi connectivity index (χ4n) is 3.53. The highest BCUT2D eigenvalue weighted by molar-refractivity contribution is 9.09. The highest BCUT2D eigenvalue weighted by atomic mass is 79.9. The van der Waals surface area contributed by atoms with Gasteiger partial charge in [0.15, 0.2) is 0 Å². The van der Waals surface area contributed by atoms with Gasteiger partial charge in [0.05, 0.1) is 5.92 Å². The number of alkyl halides is 4. The van der Waals surface area contributed by atoms with Gasteiger partial charge in [-0.3, -0.25) is 0 Å². The molecule has 1 aliphatic heterocycles. The zero-order chi connectivity index (χ0) is 13.9. The van der Waals surface area contributed by atoms with Crippen LogP contribution < -0.4 is 0 Å². The molecule has 1 saturated carbocycles. The predicted molar refractivity (Wildman–Crippen MR) is 74.5 cm³/mol. The standard InChI is InChI=1S/C14H23BrF3N/c15-10-13(6-2-1-3-7-13)11-19-8-4-12(5-9-19)14(16,17)18/h12H,1-11H2. The van der Waals surface area contributed by atoms with Gasteiger partial charge in [0.1, 0.15) is 0 Å². The molecule has 2 aliphatic rings. The van der Waals surface area contributed by atoms with Crippen LogP contribution in [0, 0.1) is 11.3 Å². The Morgan fingerprint density at radius 2 is 1.63 bits per heavy atom. The Kier molecular flexibility index (Phi) is 5.21. The second kappa shape index (κ2) is 6.33. The second-order valence-corrected chi connectivity index (χ2v) is 6.85. The van der Waals surface area contributed by atoms with Gasteiger partial charge in [-0.2, -0.15) is 13.2 Å². The van der Waals surface area contributed by atoms with Gasteiger partial charge < -0.3 is 4.90 Å². The molecule has 0 N–H and O–H groups in total. The summed E-state index contributed by atoms with van der Waals surface area (Å²) < 4.78 is 37.9. The summed E-state index contributed by atoms with van der Waals surface area (Å²) in [6.45, 7) is 2.20. The average molecular weight is 342 g/mol. The van der Waals surface area contributed by atoms with Crippen LogP contribution in [0.5, 0.6) is 0 Å². The zero-order valence-corrected chi connectivity index (χ0v) is 12.9. The van der Waals surface area contributed by atoms with Crippen LogP contribution in [0.1, 0.15) is 44.9 Å². The lowest BCUT2D eigenvalue weighted by atomic mass is 9.75. The van der Waals surface area contributed by atoms with E-state index in [1.807, 2.05) is 0 Å². The maximum atomic E-state index is 12.6. The summed E-state index contributed by atoms with van der Waals surface area (Å²) in [5.41, 5.74) is 0.309. The summed E-state index contributed by atoms with van der Waals surface area (Å²) in [6.07, 6.45) is 2.85. The van der Waals surface area contributed by atoms with Crippen molar-refractivity contribution >= 4 is 15.9 Å². The van der Waals surface area contributed by atoms with Gasteiger partial charge in [-0.1, -0.05) is 35.2 Å². The van der Waals surface area contributed by atoms with Crippen molar-refractivity contribution < 1.29 is 13.2 Å². The van der Waals surface area contributed by atoms with Crippen molar-refractivity contribution in [1.29, 1.82) is 0 Å². The largest absolute Gasteiger partial charge is 0.391 e. The molecule has 112 valence electrons. The third kappa shape index (κ3) is 4.10. The number of nitrogens with zero attached hydrogens (tertiary/aromatic N) is 1. The van der Waals surface area contributed by atoms with E-state index in [9.17, 15) is 13.2 Å². The molecule has 19 heavy (non-hydrogen) atoms. The number of hydrogen-bond donors (Lipinski definition) is 0. The SMILES string of the molecule is FC(F)(F)C1CCN(CC2(CBr)CCCCC2)CC1. The zero-order valence-electron chi connectivity index (χ0n) is 11.3. The van der Waals surface area contributed by atoms with E-state index in [2.05, 4.69) is 20.8 Å². The quantitative estimate of drug-likeness (QED) is 0.677. The van der Waals surface area contributed by atoms with Gasteiger partial charge in [-0.15, -0.1) is 0 Å². The summed E-state index contributed by atoms with van der Waals surface area (Å²) >= 11 is 3.63. The topological polar surface area (TPSA) is 3.24 Å². The molecule has 1 saturated heterocycles. The van der Waals surface area contributed by atoms with E-state index in [-0.39, 0.29) is 12.8 Å². The molecule has 0 aromatic rings. The molecule has 1 nitrogen and oxygen atoms in total. The Morgan fingerprint density at radius 3 is 2.11 bits per heavy atom. The van der Waals surface area contributed by atoms with E-state index in [0.29, 0.717) is 18.5 Å². The number of halogens is 4. The van der Waals surface area contributed by atoms with E-state index in [1.165, 1.54) is 32.1 Å². The maximum Gasteiger partial charge on any atom is 0.391 e. The first kappa shape index (κ1) is 15.6. The van der Waals surface area contributed by atoms with Crippen molar-refractivity contribution in [3.63, 3.8) is 0 Å². The van der Waals surface area contributed by atoms with Crippen LogP contribution in [0.3, 0.4) is 0 Å². The molecule has 2 fully saturated rings. The van der Waals surface area contributed by atoms with E-state index in [1.54, 1.807) is 0 Å². The number of piperidine rings is 1. The van der Waals surface area contributed by atoms with Crippen LogP contribution in [0.25, 0.3) is 0 Å². The molecule has 1 aliphatic carbocycles. The lowest BCUT2D eigenvalue weighted by molar-refractivity contribution is -0.185. The summed E-state index contributed by atoms with van der Waals surface area (Å²) in [4.78, 5) is 2.26. The van der Waals surface area contributed by atoms with Crippen LogP contribution in [-0.2, 0) is 0 Å². The third-order valence-electron chi connectivity index (χ3n) is 4.81. The number of hydrogen-bond acceptors (Lipinski definition) is 1. The first-order valence-electron chi connectivity index (χ1n) is 7.30. The molecular formula is C14H23BrF3N. The molecule has 1 heterocycles. The fourth-order valence-corrected chi connectivity index (χ4v) is 4.27. The van der Waals surface area contributed by atoms with Crippen LogP contribution >= 0.6 is 15.9 Å². The minimum absolute atomic E-state index is 0.280. The molecule has 0 radical (unpaired) electrons. The maximum absolute atomic E-state index is 12.6. The Morgan fingerprint density at radius 1 is 1.05 bits per heavy atom. The Balaban J connectivity index is 1.84. The van der Waals surface area contributed by atoms with Crippen molar-refractivity contribution in [2.24, 2.45) is 11.3 Å². The summed E-state index contributed by atoms with van der Waals surface area (Å²) in [7, 11) is 0. The van der Waals surface area contributed by atoms with Crippen molar-refractivity contribution in [1.82, 2.24) is 4.90 Å². The molecular weight excluding hydrogens is 319 g/mol. The third-order valence-corrected chi connectivity index (χ3v) is 6.00. The molecule has 0 aromatic carbocycles. The number of likely N-dealkylation sites (tertiary alicyclic amines) is 1. The van der Waals surface area contributed by atoms with E-state index >= 15 is 0 Å². The normalized spacial score (nSPS) is 26.5. The van der Waals surface area contributed by atoms with Crippen LogP contribution in [0.4, 0.5) is 13.2 Å². The van der Waals surface area contributed by atoms with Gasteiger partial charge >= 0.3 is 6.18 Å². The summed E-state index contributed by atoms with van der Waals surface area (Å²) in [5, 5.41) is 0.985. The van der Waals surface area contributed by atoms with Gasteiger partial charge in [-0.05, 0) is 44.2 Å². The smallest absolute Gasteiger partial charge is 0.303 e. The Labute approximate surface area is 122 Å². The highest BCUT2D eigenvalue weighted by Crippen LogP contribution is 2.40. The van der Waals surface area contributed by atoms with Crippen molar-refractivity contribution in [2.45, 2.75) is 51.1 Å². The lowest BCUT2D eigenvalue weighted by Crippen LogP contribution is -2.45. The summed E-state index contributed by atoms with van der Waals surface area (Å²) in [6, 6.07) is 0. The molecule has 0 bridgehead atoms. The average Bonchev–Trinajstić information content (AvgIpc) is 2.39. The molecule has 0 unspecified atom stereocenters. The van der Waals surface area contributed by atoms with Gasteiger partial charge in [0.2, 0.25) is 0 Å². The Bertz CT molecular complexity index is 279. The second-order valence-electron chi connectivity index (χ2n) is 6.29. The lowest BCUT2D eigenvalue weighted by Gasteiger charge is -2.42. The van der Waals surface area contributed by atoms with E-state index in [4.69, 9.17) is 0 Å². The number of rotatable bonds is 3. The van der Waals surface area contributed by atoms with Gasteiger partial charge in [-0.25, -0.2) is 0 Å². The van der Waals surface area contributed by atoms with Crippen molar-refractivity contribution in [3.05, 3.63) is 0 Å². The first-order valence-corrected chi connectivity index (χ1v) is 8.42. The highest BCUT2D eigenvalue weighted by Gasteiger charge is 2.42. The molecule has 2 rings (SSSR count). The molecule has 0 amide bonds. The van der Waals surface area contributed by atoms with Gasteiger partial charge in [0.25, 0.3) is 0 Å².